The number of anilines is 1. The first-order chi connectivity index (χ1) is 19.7. The maximum absolute atomic E-state index is 13.8. The van der Waals surface area contributed by atoms with Crippen molar-refractivity contribution >= 4 is 29.3 Å². The van der Waals surface area contributed by atoms with Crippen molar-refractivity contribution < 1.29 is 14.7 Å². The number of aliphatic hydroxyl groups is 1. The third-order valence-electron chi connectivity index (χ3n) is 8.84. The van der Waals surface area contributed by atoms with Crippen LogP contribution in [-0.2, 0) is 15.3 Å². The maximum atomic E-state index is 13.8. The van der Waals surface area contributed by atoms with Crippen LogP contribution in [0.4, 0.5) is 5.82 Å². The van der Waals surface area contributed by atoms with Gasteiger partial charge in [-0.05, 0) is 57.1 Å². The van der Waals surface area contributed by atoms with Gasteiger partial charge >= 0.3 is 0 Å². The minimum Gasteiger partial charge on any atom is -0.396 e. The van der Waals surface area contributed by atoms with Crippen molar-refractivity contribution in [3.05, 3.63) is 47.2 Å². The number of hydrogen-bond donors (Lipinski definition) is 2. The lowest BCUT2D eigenvalue weighted by molar-refractivity contribution is -0.155. The first-order valence-electron chi connectivity index (χ1n) is 14.5. The quantitative estimate of drug-likeness (QED) is 0.348. The predicted octanol–water partition coefficient (Wildman–Crippen LogP) is 3.91. The number of amides is 1. The van der Waals surface area contributed by atoms with E-state index in [0.29, 0.717) is 13.0 Å². The molecule has 220 valence electrons. The molecule has 0 spiro atoms. The van der Waals surface area contributed by atoms with Crippen molar-refractivity contribution in [3.63, 3.8) is 0 Å². The molecule has 2 aliphatic rings. The van der Waals surface area contributed by atoms with Gasteiger partial charge in [0, 0.05) is 25.0 Å². The molecular formula is C30H41N7O3S. The summed E-state index contributed by atoms with van der Waals surface area (Å²) in [5.41, 5.74) is 2.62. The fourth-order valence-electron chi connectivity index (χ4n) is 6.26. The van der Waals surface area contributed by atoms with Crippen molar-refractivity contribution in [1.82, 2.24) is 30.2 Å². The molecule has 10 nitrogen and oxygen atoms in total. The lowest BCUT2D eigenvalue weighted by Gasteiger charge is -2.49. The van der Waals surface area contributed by atoms with Gasteiger partial charge in [-0.3, -0.25) is 14.5 Å². The van der Waals surface area contributed by atoms with Crippen molar-refractivity contribution in [3.8, 4) is 10.4 Å². The van der Waals surface area contributed by atoms with E-state index in [9.17, 15) is 14.7 Å². The Balaban J connectivity index is 1.39. The molecular weight excluding hydrogens is 538 g/mol. The van der Waals surface area contributed by atoms with Gasteiger partial charge in [0.1, 0.15) is 0 Å². The van der Waals surface area contributed by atoms with Crippen LogP contribution in [0.25, 0.3) is 10.4 Å². The monoisotopic (exact) mass is 579 g/mol. The third-order valence-corrected chi connectivity index (χ3v) is 9.81. The lowest BCUT2D eigenvalue weighted by atomic mass is 9.78. The van der Waals surface area contributed by atoms with E-state index in [2.05, 4.69) is 37.6 Å². The van der Waals surface area contributed by atoms with Gasteiger partial charge in [0.2, 0.25) is 5.91 Å². The summed E-state index contributed by atoms with van der Waals surface area (Å²) < 4.78 is 1.58. The fourth-order valence-corrected chi connectivity index (χ4v) is 7.07. The third kappa shape index (κ3) is 5.42. The highest BCUT2D eigenvalue weighted by Crippen LogP contribution is 2.43. The first-order valence-corrected chi connectivity index (χ1v) is 15.4. The second kappa shape index (κ2) is 12.0. The standard InChI is InChI=1S/C30H41N7O3S/c1-21(23-10-12-24(13-11-23)27-22(2)31-20-41-27)32-28(40)25-9-8-16-36(25)30(19-39,29(3,4)18-38)37-17-26(33-34-37)35-14-6-5-7-15-35/h10-13,17,19-21,25,38H,5-9,14-16,18H2,1-4H3,(H,32,40)/t21-,25-,30+/m0/s1. The topological polar surface area (TPSA) is 116 Å². The van der Waals surface area contributed by atoms with Gasteiger partial charge in [-0.25, -0.2) is 9.67 Å². The molecule has 0 unspecified atom stereocenters. The number of likely N-dealkylation sites (tertiary alicyclic amines) is 1. The van der Waals surface area contributed by atoms with Gasteiger partial charge in [0.05, 0.1) is 41.0 Å². The minimum atomic E-state index is -1.39. The number of hydrogen-bond acceptors (Lipinski definition) is 9. The molecule has 0 bridgehead atoms. The molecule has 4 heterocycles. The summed E-state index contributed by atoms with van der Waals surface area (Å²) in [6.45, 7) is 9.70. The highest BCUT2D eigenvalue weighted by atomic mass is 32.1. The average molecular weight is 580 g/mol. The number of nitrogens with one attached hydrogen (secondary N) is 1. The Labute approximate surface area is 245 Å². The summed E-state index contributed by atoms with van der Waals surface area (Å²) >= 11 is 1.61. The smallest absolute Gasteiger partial charge is 0.237 e. The van der Waals surface area contributed by atoms with E-state index in [-0.39, 0.29) is 18.6 Å². The zero-order chi connectivity index (χ0) is 29.2. The van der Waals surface area contributed by atoms with Crippen LogP contribution in [0.5, 0.6) is 0 Å². The van der Waals surface area contributed by atoms with Gasteiger partial charge in [-0.2, -0.15) is 0 Å². The number of carbonyl (C=O) groups excluding carboxylic acids is 2. The summed E-state index contributed by atoms with van der Waals surface area (Å²) in [6.07, 6.45) is 7.38. The number of aldehydes is 1. The van der Waals surface area contributed by atoms with E-state index < -0.39 is 17.1 Å². The molecule has 3 aromatic rings. The number of thiazole rings is 1. The molecule has 3 atom stereocenters. The maximum Gasteiger partial charge on any atom is 0.237 e. The van der Waals surface area contributed by atoms with Crippen LogP contribution in [0, 0.1) is 12.3 Å². The Bertz CT molecular complexity index is 1350. The van der Waals surface area contributed by atoms with Crippen LogP contribution in [0.15, 0.2) is 36.0 Å². The second-order valence-corrected chi connectivity index (χ2v) is 12.8. The number of aliphatic hydroxyl groups excluding tert-OH is 1. The number of benzene rings is 1. The molecule has 5 rings (SSSR count). The predicted molar refractivity (Wildman–Crippen MR) is 160 cm³/mol. The van der Waals surface area contributed by atoms with Crippen molar-refractivity contribution in [2.45, 2.75) is 77.5 Å². The van der Waals surface area contributed by atoms with Gasteiger partial charge in [-0.1, -0.05) is 43.3 Å². The SMILES string of the molecule is Cc1ncsc1-c1ccc([C@H](C)NC(=O)[C@@H]2CCCN2[C@](C=O)(n2cc(N3CCCCC3)nn2)C(C)(C)CO)cc1. The van der Waals surface area contributed by atoms with Gasteiger partial charge in [0.25, 0.3) is 0 Å². The molecule has 2 fully saturated rings. The molecule has 2 saturated heterocycles. The number of nitrogens with zero attached hydrogens (tertiary/aromatic N) is 6. The van der Waals surface area contributed by atoms with Crippen LogP contribution in [-0.4, -0.2) is 74.5 Å². The number of aromatic nitrogens is 4. The summed E-state index contributed by atoms with van der Waals surface area (Å²) in [5.74, 6) is 0.573. The van der Waals surface area contributed by atoms with Crippen LogP contribution >= 0.6 is 11.3 Å². The van der Waals surface area contributed by atoms with E-state index in [1.807, 2.05) is 50.2 Å². The normalized spacial score (nSPS) is 20.5. The van der Waals surface area contributed by atoms with Crippen molar-refractivity contribution in [1.29, 1.82) is 0 Å². The molecule has 0 saturated carbocycles. The van der Waals surface area contributed by atoms with E-state index in [1.165, 1.54) is 6.42 Å². The summed E-state index contributed by atoms with van der Waals surface area (Å²) in [5, 5.41) is 22.6. The van der Waals surface area contributed by atoms with Gasteiger partial charge < -0.3 is 15.3 Å². The number of aryl methyl sites for hydroxylation is 1. The van der Waals surface area contributed by atoms with E-state index in [1.54, 1.807) is 22.2 Å². The lowest BCUT2D eigenvalue weighted by Crippen LogP contribution is -2.65. The number of carbonyl (C=O) groups is 2. The molecule has 2 aliphatic heterocycles. The molecule has 1 amide bonds. The molecule has 11 heteroatoms. The first kappa shape index (κ1) is 29.3. The largest absolute Gasteiger partial charge is 0.396 e. The second-order valence-electron chi connectivity index (χ2n) is 11.9. The molecule has 1 aromatic carbocycles. The van der Waals surface area contributed by atoms with E-state index in [0.717, 1.165) is 66.2 Å². The summed E-state index contributed by atoms with van der Waals surface area (Å²) in [6, 6.07) is 7.41. The van der Waals surface area contributed by atoms with Crippen LogP contribution in [0.1, 0.15) is 70.2 Å². The molecule has 41 heavy (non-hydrogen) atoms. The molecule has 2 N–H and O–H groups in total. The average Bonchev–Trinajstić information content (AvgIpc) is 3.76. The van der Waals surface area contributed by atoms with Crippen molar-refractivity contribution in [2.75, 3.05) is 31.1 Å². The number of piperidine rings is 1. The fraction of sp³-hybridized carbons (Fsp3) is 0.567. The number of rotatable bonds is 10. The van der Waals surface area contributed by atoms with Crippen LogP contribution < -0.4 is 10.2 Å². The minimum absolute atomic E-state index is 0.145. The molecule has 0 radical (unpaired) electrons. The van der Waals surface area contributed by atoms with Crippen molar-refractivity contribution in [2.24, 2.45) is 5.41 Å². The molecule has 2 aromatic heterocycles. The van der Waals surface area contributed by atoms with E-state index in [4.69, 9.17) is 0 Å². The van der Waals surface area contributed by atoms with Gasteiger partial charge in [-0.15, -0.1) is 16.4 Å². The Morgan fingerprint density at radius 3 is 2.54 bits per heavy atom. The molecule has 0 aliphatic carbocycles. The van der Waals surface area contributed by atoms with Crippen LogP contribution in [0.2, 0.25) is 0 Å². The van der Waals surface area contributed by atoms with Crippen LogP contribution in [0.3, 0.4) is 0 Å². The summed E-state index contributed by atoms with van der Waals surface area (Å²) in [4.78, 5) is 36.6. The Morgan fingerprint density at radius 2 is 1.90 bits per heavy atom. The zero-order valence-electron chi connectivity index (χ0n) is 24.4. The summed E-state index contributed by atoms with van der Waals surface area (Å²) in [7, 11) is 0. The Hall–Kier alpha value is -3.15. The highest BCUT2D eigenvalue weighted by molar-refractivity contribution is 7.13. The zero-order valence-corrected chi connectivity index (χ0v) is 25.2. The Kier molecular flexibility index (Phi) is 8.58. The van der Waals surface area contributed by atoms with Gasteiger partial charge in [0.15, 0.2) is 17.8 Å². The highest BCUT2D eigenvalue weighted by Gasteiger charge is 2.56. The Morgan fingerprint density at radius 1 is 1.17 bits per heavy atom. The van der Waals surface area contributed by atoms with E-state index >= 15 is 0 Å².